The Bertz CT molecular complexity index is 693. The van der Waals surface area contributed by atoms with Crippen molar-refractivity contribution in [2.24, 2.45) is 4.99 Å². The molecule has 0 aromatic heterocycles. The van der Waals surface area contributed by atoms with Crippen molar-refractivity contribution in [3.63, 3.8) is 0 Å². The number of carbonyl (C=O) groups is 1. The molecule has 1 aromatic rings. The van der Waals surface area contributed by atoms with Crippen molar-refractivity contribution in [3.05, 3.63) is 35.4 Å². The first kappa shape index (κ1) is 25.9. The number of guanidine groups is 1. The number of rotatable bonds is 8. The van der Waals surface area contributed by atoms with Gasteiger partial charge in [-0.3, -0.25) is 4.79 Å². The standard InChI is InChI=1S/C23H36N4O3.HI/c1-3-5-12-25-22(28)19-10-8-18(9-11-19)16-26-23(24-4-2)27-13-15-30-21(17-27)20-7-6-14-29-20;/h8-11,20-21H,3-7,12-17H2,1-2H3,(H,24,26)(H,25,28);1H. The second kappa shape index (κ2) is 13.9. The van der Waals surface area contributed by atoms with Crippen LogP contribution in [-0.2, 0) is 16.0 Å². The first-order chi connectivity index (χ1) is 14.7. The van der Waals surface area contributed by atoms with E-state index in [0.717, 1.165) is 70.0 Å². The second-order valence-electron chi connectivity index (χ2n) is 7.88. The minimum Gasteiger partial charge on any atom is -0.375 e. The molecule has 0 spiro atoms. The zero-order valence-electron chi connectivity index (χ0n) is 18.8. The molecule has 2 unspecified atom stereocenters. The molecule has 0 aliphatic carbocycles. The van der Waals surface area contributed by atoms with Gasteiger partial charge in [0.15, 0.2) is 5.96 Å². The van der Waals surface area contributed by atoms with E-state index in [1.165, 1.54) is 0 Å². The van der Waals surface area contributed by atoms with E-state index in [4.69, 9.17) is 14.5 Å². The van der Waals surface area contributed by atoms with Crippen molar-refractivity contribution < 1.29 is 14.3 Å². The van der Waals surface area contributed by atoms with Crippen LogP contribution in [0.2, 0.25) is 0 Å². The lowest BCUT2D eigenvalue weighted by Gasteiger charge is -2.37. The van der Waals surface area contributed by atoms with E-state index in [2.05, 4.69) is 29.4 Å². The summed E-state index contributed by atoms with van der Waals surface area (Å²) in [5, 5.41) is 6.36. The van der Waals surface area contributed by atoms with E-state index in [9.17, 15) is 4.79 Å². The van der Waals surface area contributed by atoms with Crippen molar-refractivity contribution >= 4 is 35.8 Å². The van der Waals surface area contributed by atoms with Crippen LogP contribution in [0.5, 0.6) is 0 Å². The third kappa shape index (κ3) is 7.91. The fourth-order valence-corrected chi connectivity index (χ4v) is 3.82. The molecule has 1 amide bonds. The Balaban J connectivity index is 0.00000341. The third-order valence-electron chi connectivity index (χ3n) is 5.55. The summed E-state index contributed by atoms with van der Waals surface area (Å²) in [6.45, 7) is 9.46. The van der Waals surface area contributed by atoms with Crippen molar-refractivity contribution in [1.82, 2.24) is 15.5 Å². The van der Waals surface area contributed by atoms with Gasteiger partial charge in [-0.15, -0.1) is 24.0 Å². The topological polar surface area (TPSA) is 75.2 Å². The van der Waals surface area contributed by atoms with E-state index >= 15 is 0 Å². The summed E-state index contributed by atoms with van der Waals surface area (Å²) in [5.41, 5.74) is 1.78. The molecule has 174 valence electrons. The lowest BCUT2D eigenvalue weighted by Crippen LogP contribution is -2.53. The summed E-state index contributed by atoms with van der Waals surface area (Å²) in [4.78, 5) is 19.3. The molecule has 0 radical (unpaired) electrons. The van der Waals surface area contributed by atoms with Gasteiger partial charge in [-0.1, -0.05) is 25.5 Å². The molecule has 2 fully saturated rings. The largest absolute Gasteiger partial charge is 0.375 e. The summed E-state index contributed by atoms with van der Waals surface area (Å²) in [5.74, 6) is 0.894. The van der Waals surface area contributed by atoms with Gasteiger partial charge in [0.1, 0.15) is 6.10 Å². The first-order valence-corrected chi connectivity index (χ1v) is 11.3. The number of hydrogen-bond acceptors (Lipinski definition) is 4. The number of ether oxygens (including phenoxy) is 2. The maximum atomic E-state index is 12.2. The lowest BCUT2D eigenvalue weighted by molar-refractivity contribution is -0.0817. The molecule has 7 nitrogen and oxygen atoms in total. The molecule has 2 saturated heterocycles. The number of nitrogens with zero attached hydrogens (tertiary/aromatic N) is 2. The number of unbranched alkanes of at least 4 members (excludes halogenated alkanes) is 1. The molecule has 8 heteroatoms. The van der Waals surface area contributed by atoms with Crippen LogP contribution in [0, 0.1) is 0 Å². The van der Waals surface area contributed by atoms with E-state index < -0.39 is 0 Å². The molecule has 0 saturated carbocycles. The maximum Gasteiger partial charge on any atom is 0.251 e. The van der Waals surface area contributed by atoms with E-state index in [0.29, 0.717) is 18.7 Å². The van der Waals surface area contributed by atoms with Crippen LogP contribution in [0.3, 0.4) is 0 Å². The van der Waals surface area contributed by atoms with Gasteiger partial charge in [0.05, 0.1) is 19.3 Å². The Morgan fingerprint density at radius 2 is 1.90 bits per heavy atom. The summed E-state index contributed by atoms with van der Waals surface area (Å²) in [6.07, 6.45) is 4.57. The number of halogens is 1. The molecule has 2 aliphatic rings. The van der Waals surface area contributed by atoms with Gasteiger partial charge in [0, 0.05) is 38.3 Å². The highest BCUT2D eigenvalue weighted by Crippen LogP contribution is 2.21. The number of amides is 1. The Morgan fingerprint density at radius 3 is 2.58 bits per heavy atom. The number of hydrogen-bond donors (Lipinski definition) is 2. The molecule has 2 heterocycles. The lowest BCUT2D eigenvalue weighted by atomic mass is 10.1. The molecule has 2 atom stereocenters. The van der Waals surface area contributed by atoms with Crippen LogP contribution >= 0.6 is 24.0 Å². The Labute approximate surface area is 203 Å². The smallest absolute Gasteiger partial charge is 0.251 e. The van der Waals surface area contributed by atoms with Crippen LogP contribution < -0.4 is 10.6 Å². The fraction of sp³-hybridized carbons (Fsp3) is 0.652. The van der Waals surface area contributed by atoms with Crippen molar-refractivity contribution in [1.29, 1.82) is 0 Å². The predicted molar refractivity (Wildman–Crippen MR) is 134 cm³/mol. The second-order valence-corrected chi connectivity index (χ2v) is 7.88. The molecule has 31 heavy (non-hydrogen) atoms. The van der Waals surface area contributed by atoms with Gasteiger partial charge < -0.3 is 25.0 Å². The van der Waals surface area contributed by atoms with Gasteiger partial charge >= 0.3 is 0 Å². The summed E-state index contributed by atoms with van der Waals surface area (Å²) >= 11 is 0. The van der Waals surface area contributed by atoms with Crippen LogP contribution in [0.4, 0.5) is 0 Å². The molecular formula is C23H37IN4O3. The number of morpholine rings is 1. The van der Waals surface area contributed by atoms with Crippen LogP contribution in [0.25, 0.3) is 0 Å². The highest BCUT2D eigenvalue weighted by molar-refractivity contribution is 14.0. The highest BCUT2D eigenvalue weighted by atomic mass is 127. The van der Waals surface area contributed by atoms with Gasteiger partial charge in [-0.2, -0.15) is 0 Å². The average Bonchev–Trinajstić information content (AvgIpc) is 3.32. The molecule has 0 bridgehead atoms. The number of benzene rings is 1. The SMILES string of the molecule is CCCCNC(=O)c1ccc(CN=C(NCC)N2CCOC(C3CCCO3)C2)cc1.I. The number of carbonyl (C=O) groups excluding carboxylic acids is 1. The van der Waals surface area contributed by atoms with E-state index in [1.807, 2.05) is 24.3 Å². The maximum absolute atomic E-state index is 12.2. The number of nitrogens with one attached hydrogen (secondary N) is 2. The van der Waals surface area contributed by atoms with Crippen molar-refractivity contribution in [3.8, 4) is 0 Å². The summed E-state index contributed by atoms with van der Waals surface area (Å²) in [7, 11) is 0. The van der Waals surface area contributed by atoms with Crippen LogP contribution in [-0.4, -0.2) is 68.4 Å². The Morgan fingerprint density at radius 1 is 1.13 bits per heavy atom. The third-order valence-corrected chi connectivity index (χ3v) is 5.55. The number of aliphatic imine (C=N–C) groups is 1. The molecule has 2 aliphatic heterocycles. The minimum atomic E-state index is -0.0136. The van der Waals surface area contributed by atoms with Gasteiger partial charge in [0.25, 0.3) is 5.91 Å². The Hall–Kier alpha value is -1.39. The summed E-state index contributed by atoms with van der Waals surface area (Å²) < 4.78 is 11.8. The summed E-state index contributed by atoms with van der Waals surface area (Å²) in [6, 6.07) is 7.72. The van der Waals surface area contributed by atoms with Crippen molar-refractivity contribution in [2.75, 3.05) is 39.4 Å². The molecular weight excluding hydrogens is 507 g/mol. The quantitative estimate of drug-likeness (QED) is 0.228. The van der Waals surface area contributed by atoms with E-state index in [1.54, 1.807) is 0 Å². The van der Waals surface area contributed by atoms with E-state index in [-0.39, 0.29) is 42.1 Å². The van der Waals surface area contributed by atoms with Crippen LogP contribution in [0.15, 0.2) is 29.3 Å². The molecule has 3 rings (SSSR count). The predicted octanol–water partition coefficient (Wildman–Crippen LogP) is 3.18. The highest BCUT2D eigenvalue weighted by Gasteiger charge is 2.32. The fourth-order valence-electron chi connectivity index (χ4n) is 3.82. The monoisotopic (exact) mass is 544 g/mol. The zero-order valence-corrected chi connectivity index (χ0v) is 21.1. The Kier molecular flexibility index (Phi) is 11.6. The van der Waals surface area contributed by atoms with Gasteiger partial charge in [0.2, 0.25) is 0 Å². The first-order valence-electron chi connectivity index (χ1n) is 11.3. The average molecular weight is 544 g/mol. The van der Waals surface area contributed by atoms with Gasteiger partial charge in [-0.05, 0) is 43.9 Å². The van der Waals surface area contributed by atoms with Crippen molar-refractivity contribution in [2.45, 2.75) is 58.3 Å². The molecule has 1 aromatic carbocycles. The van der Waals surface area contributed by atoms with Gasteiger partial charge in [-0.25, -0.2) is 4.99 Å². The molecule has 2 N–H and O–H groups in total. The van der Waals surface area contributed by atoms with Crippen LogP contribution in [0.1, 0.15) is 55.5 Å². The zero-order chi connectivity index (χ0) is 21.2. The normalized spacial score (nSPS) is 21.5. The minimum absolute atomic E-state index is 0.